The van der Waals surface area contributed by atoms with Crippen molar-refractivity contribution in [2.75, 3.05) is 19.6 Å². The third-order valence-corrected chi connectivity index (χ3v) is 3.70. The zero-order valence-corrected chi connectivity index (χ0v) is 9.17. The highest BCUT2D eigenvalue weighted by molar-refractivity contribution is 5.75. The lowest BCUT2D eigenvalue weighted by Crippen LogP contribution is -2.43. The average molecular weight is 195 g/mol. The number of Topliss-reactive ketones (excluding diaryl/α,β-unsaturated/α-hetero) is 1. The van der Waals surface area contributed by atoms with Crippen molar-refractivity contribution in [3.63, 3.8) is 0 Å². The molecule has 2 heteroatoms. The Hall–Kier alpha value is -0.370. The van der Waals surface area contributed by atoms with Crippen LogP contribution in [-0.2, 0) is 4.79 Å². The van der Waals surface area contributed by atoms with Crippen LogP contribution in [0.1, 0.15) is 39.0 Å². The molecule has 0 N–H and O–H groups in total. The minimum atomic E-state index is 0.334. The molecule has 0 amide bonds. The van der Waals surface area contributed by atoms with Crippen LogP contribution in [0.2, 0.25) is 0 Å². The molecule has 2 nitrogen and oxygen atoms in total. The van der Waals surface area contributed by atoms with Gasteiger partial charge in [-0.1, -0.05) is 6.42 Å². The highest BCUT2D eigenvalue weighted by Crippen LogP contribution is 2.34. The zero-order valence-electron chi connectivity index (χ0n) is 9.17. The summed E-state index contributed by atoms with van der Waals surface area (Å²) < 4.78 is 0. The molecule has 1 aliphatic carbocycles. The smallest absolute Gasteiger partial charge is 0.131 e. The van der Waals surface area contributed by atoms with Gasteiger partial charge in [-0.05, 0) is 38.0 Å². The van der Waals surface area contributed by atoms with Crippen LogP contribution in [0.3, 0.4) is 0 Å². The summed E-state index contributed by atoms with van der Waals surface area (Å²) in [6.45, 7) is 5.21. The largest absolute Gasteiger partial charge is 0.302 e. The predicted molar refractivity (Wildman–Crippen MR) is 57.2 cm³/mol. The van der Waals surface area contributed by atoms with E-state index in [0.29, 0.717) is 5.78 Å². The molecule has 0 aromatic rings. The van der Waals surface area contributed by atoms with Crippen molar-refractivity contribution in [3.8, 4) is 0 Å². The summed E-state index contributed by atoms with van der Waals surface area (Å²) in [6.07, 6.45) is 6.49. The van der Waals surface area contributed by atoms with Gasteiger partial charge >= 0.3 is 0 Å². The number of rotatable bonds is 3. The highest BCUT2D eigenvalue weighted by Gasteiger charge is 2.29. The first-order chi connectivity index (χ1) is 6.74. The van der Waals surface area contributed by atoms with Crippen molar-refractivity contribution in [3.05, 3.63) is 0 Å². The number of likely N-dealkylation sites (tertiary alicyclic amines) is 1. The Morgan fingerprint density at radius 1 is 1.29 bits per heavy atom. The van der Waals surface area contributed by atoms with Crippen LogP contribution in [0.25, 0.3) is 0 Å². The third-order valence-electron chi connectivity index (χ3n) is 3.70. The summed E-state index contributed by atoms with van der Waals surface area (Å²) in [7, 11) is 0. The summed E-state index contributed by atoms with van der Waals surface area (Å²) in [4.78, 5) is 13.4. The van der Waals surface area contributed by atoms with Crippen molar-refractivity contribution in [2.45, 2.75) is 39.0 Å². The number of carbonyl (C=O) groups is 1. The SMILES string of the molecule is CC(=O)CCN1CC2CCCC(C2)C1. The van der Waals surface area contributed by atoms with Crippen molar-refractivity contribution >= 4 is 5.78 Å². The monoisotopic (exact) mass is 195 g/mol. The molecule has 1 saturated heterocycles. The number of fused-ring (bicyclic) bond motifs is 2. The van der Waals surface area contributed by atoms with Gasteiger partial charge in [-0.15, -0.1) is 0 Å². The maximum atomic E-state index is 10.9. The van der Waals surface area contributed by atoms with E-state index in [-0.39, 0.29) is 0 Å². The van der Waals surface area contributed by atoms with E-state index in [9.17, 15) is 4.79 Å². The van der Waals surface area contributed by atoms with Gasteiger partial charge in [0.1, 0.15) is 5.78 Å². The molecule has 2 aliphatic rings. The fourth-order valence-electron chi connectivity index (χ4n) is 3.04. The van der Waals surface area contributed by atoms with Crippen LogP contribution in [0.15, 0.2) is 0 Å². The maximum absolute atomic E-state index is 10.9. The van der Waals surface area contributed by atoms with Crippen molar-refractivity contribution in [2.24, 2.45) is 11.8 Å². The van der Waals surface area contributed by atoms with Gasteiger partial charge in [-0.25, -0.2) is 0 Å². The van der Waals surface area contributed by atoms with Gasteiger partial charge in [0.2, 0.25) is 0 Å². The first kappa shape index (κ1) is 10.2. The lowest BCUT2D eigenvalue weighted by Gasteiger charge is -2.41. The molecule has 0 spiro atoms. The first-order valence-electron chi connectivity index (χ1n) is 5.96. The van der Waals surface area contributed by atoms with Crippen molar-refractivity contribution in [1.82, 2.24) is 4.90 Å². The second-order valence-electron chi connectivity index (χ2n) is 5.11. The number of carbonyl (C=O) groups excluding carboxylic acids is 1. The summed E-state index contributed by atoms with van der Waals surface area (Å²) >= 11 is 0. The molecule has 14 heavy (non-hydrogen) atoms. The molecule has 2 rings (SSSR count). The van der Waals surface area contributed by atoms with Gasteiger partial charge < -0.3 is 4.90 Å². The zero-order chi connectivity index (χ0) is 9.97. The van der Waals surface area contributed by atoms with Gasteiger partial charge in [-0.3, -0.25) is 4.79 Å². The minimum Gasteiger partial charge on any atom is -0.302 e. The summed E-state index contributed by atoms with van der Waals surface area (Å²) in [5.41, 5.74) is 0. The second-order valence-corrected chi connectivity index (χ2v) is 5.11. The number of piperidine rings is 1. The van der Waals surface area contributed by atoms with Crippen LogP contribution >= 0.6 is 0 Å². The van der Waals surface area contributed by atoms with Crippen LogP contribution in [0, 0.1) is 11.8 Å². The van der Waals surface area contributed by atoms with Gasteiger partial charge in [-0.2, -0.15) is 0 Å². The maximum Gasteiger partial charge on any atom is 0.131 e. The Morgan fingerprint density at radius 3 is 2.50 bits per heavy atom. The quantitative estimate of drug-likeness (QED) is 0.687. The molecular weight excluding hydrogens is 174 g/mol. The number of hydrogen-bond acceptors (Lipinski definition) is 2. The third kappa shape index (κ3) is 2.57. The molecule has 2 unspecified atom stereocenters. The van der Waals surface area contributed by atoms with E-state index in [1.807, 2.05) is 0 Å². The van der Waals surface area contributed by atoms with E-state index in [0.717, 1.165) is 24.8 Å². The van der Waals surface area contributed by atoms with Gasteiger partial charge in [0, 0.05) is 26.1 Å². The normalized spacial score (nSPS) is 32.9. The van der Waals surface area contributed by atoms with Crippen molar-refractivity contribution in [1.29, 1.82) is 0 Å². The summed E-state index contributed by atoms with van der Waals surface area (Å²) in [5.74, 6) is 2.21. The molecule has 1 saturated carbocycles. The second kappa shape index (κ2) is 4.43. The lowest BCUT2D eigenvalue weighted by molar-refractivity contribution is -0.117. The molecule has 1 aliphatic heterocycles. The lowest BCUT2D eigenvalue weighted by atomic mass is 9.78. The standard InChI is InChI=1S/C12H21NO/c1-10(14)5-6-13-8-11-3-2-4-12(7-11)9-13/h11-12H,2-9H2,1H3. The summed E-state index contributed by atoms with van der Waals surface area (Å²) in [6, 6.07) is 0. The van der Waals surface area contributed by atoms with Crippen molar-refractivity contribution < 1.29 is 4.79 Å². The molecule has 80 valence electrons. The van der Waals surface area contributed by atoms with E-state index in [4.69, 9.17) is 0 Å². The van der Waals surface area contributed by atoms with E-state index >= 15 is 0 Å². The molecule has 0 aromatic carbocycles. The Balaban J connectivity index is 1.80. The van der Waals surface area contributed by atoms with Crippen LogP contribution < -0.4 is 0 Å². The molecule has 0 aromatic heterocycles. The van der Waals surface area contributed by atoms with E-state index in [2.05, 4.69) is 4.90 Å². The molecule has 2 fully saturated rings. The van der Waals surface area contributed by atoms with E-state index in [1.165, 1.54) is 38.8 Å². The molecular formula is C12H21NO. The fraction of sp³-hybridized carbons (Fsp3) is 0.917. The summed E-state index contributed by atoms with van der Waals surface area (Å²) in [5, 5.41) is 0. The van der Waals surface area contributed by atoms with Crippen LogP contribution in [0.4, 0.5) is 0 Å². The van der Waals surface area contributed by atoms with Gasteiger partial charge in [0.25, 0.3) is 0 Å². The minimum absolute atomic E-state index is 0.334. The molecule has 2 bridgehead atoms. The number of nitrogens with zero attached hydrogens (tertiary/aromatic N) is 1. The van der Waals surface area contributed by atoms with E-state index < -0.39 is 0 Å². The number of ketones is 1. The molecule has 1 heterocycles. The Morgan fingerprint density at radius 2 is 1.93 bits per heavy atom. The Bertz CT molecular complexity index is 202. The predicted octanol–water partition coefficient (Wildman–Crippen LogP) is 2.09. The molecule has 0 radical (unpaired) electrons. The van der Waals surface area contributed by atoms with Crippen LogP contribution in [-0.4, -0.2) is 30.3 Å². The molecule has 2 atom stereocenters. The van der Waals surface area contributed by atoms with Gasteiger partial charge in [0.05, 0.1) is 0 Å². The van der Waals surface area contributed by atoms with Crippen LogP contribution in [0.5, 0.6) is 0 Å². The first-order valence-corrected chi connectivity index (χ1v) is 5.96. The topological polar surface area (TPSA) is 20.3 Å². The van der Waals surface area contributed by atoms with Gasteiger partial charge in [0.15, 0.2) is 0 Å². The number of hydrogen-bond donors (Lipinski definition) is 0. The van der Waals surface area contributed by atoms with E-state index in [1.54, 1.807) is 6.92 Å². The Kier molecular flexibility index (Phi) is 3.22. The Labute approximate surface area is 86.7 Å². The highest BCUT2D eigenvalue weighted by atomic mass is 16.1. The fourth-order valence-corrected chi connectivity index (χ4v) is 3.04. The average Bonchev–Trinajstić information content (AvgIpc) is 2.14.